The molecule has 1 aromatic carbocycles. The number of nitrogens with zero attached hydrogens (tertiary/aromatic N) is 2. The molecule has 0 radical (unpaired) electrons. The molecule has 0 bridgehead atoms. The molecule has 0 spiro atoms. The number of carbonyl (C=O) groups is 1. The zero-order valence-corrected chi connectivity index (χ0v) is 17.3. The van der Waals surface area contributed by atoms with Gasteiger partial charge >= 0.3 is 5.97 Å². The Morgan fingerprint density at radius 2 is 2.10 bits per heavy atom. The number of thiophene rings is 1. The van der Waals surface area contributed by atoms with Gasteiger partial charge in [-0.05, 0) is 37.4 Å². The van der Waals surface area contributed by atoms with Gasteiger partial charge < -0.3 is 4.74 Å². The molecule has 2 aromatic heterocycles. The number of aromatic nitrogens is 1. The number of hydrogen-bond acceptors (Lipinski definition) is 6. The summed E-state index contributed by atoms with van der Waals surface area (Å²) < 4.78 is 21.2. The number of esters is 1. The van der Waals surface area contributed by atoms with Crippen LogP contribution in [0.5, 0.6) is 0 Å². The lowest BCUT2D eigenvalue weighted by molar-refractivity contribution is -0.139. The van der Waals surface area contributed by atoms with Gasteiger partial charge in [-0.25, -0.2) is 14.2 Å². The molecular formula is C21H17FN2O3S2. The number of rotatable bonds is 4. The van der Waals surface area contributed by atoms with Crippen molar-refractivity contribution in [2.75, 3.05) is 6.61 Å². The van der Waals surface area contributed by atoms with E-state index in [1.54, 1.807) is 32.0 Å². The quantitative estimate of drug-likeness (QED) is 0.601. The van der Waals surface area contributed by atoms with Crippen molar-refractivity contribution < 1.29 is 13.9 Å². The summed E-state index contributed by atoms with van der Waals surface area (Å²) in [5.41, 5.74) is 0.871. The molecule has 0 aliphatic carbocycles. The summed E-state index contributed by atoms with van der Waals surface area (Å²) in [4.78, 5) is 31.7. The number of allylic oxidation sites excluding steroid dienone is 1. The molecule has 5 nitrogen and oxygen atoms in total. The minimum Gasteiger partial charge on any atom is -0.463 e. The molecular weight excluding hydrogens is 411 g/mol. The van der Waals surface area contributed by atoms with Crippen molar-refractivity contribution in [1.82, 2.24) is 4.57 Å². The van der Waals surface area contributed by atoms with Crippen molar-refractivity contribution in [2.45, 2.75) is 19.9 Å². The molecule has 0 fully saturated rings. The summed E-state index contributed by atoms with van der Waals surface area (Å²) in [5, 5.41) is 1.89. The summed E-state index contributed by atoms with van der Waals surface area (Å²) in [5.74, 6) is -0.896. The lowest BCUT2D eigenvalue weighted by atomic mass is 10.0. The highest BCUT2D eigenvalue weighted by atomic mass is 32.1. The maximum atomic E-state index is 14.1. The molecule has 29 heavy (non-hydrogen) atoms. The Labute approximate surface area is 173 Å². The van der Waals surface area contributed by atoms with Crippen LogP contribution in [0.2, 0.25) is 0 Å². The van der Waals surface area contributed by atoms with Crippen LogP contribution in [0.25, 0.3) is 6.08 Å². The number of hydrogen-bond donors (Lipinski definition) is 0. The third kappa shape index (κ3) is 3.49. The molecule has 0 amide bonds. The zero-order chi connectivity index (χ0) is 20.5. The Balaban J connectivity index is 1.96. The number of ether oxygens (including phenoxy) is 1. The average Bonchev–Trinajstić information content (AvgIpc) is 3.32. The Bertz CT molecular complexity index is 1290. The first-order valence-corrected chi connectivity index (χ1v) is 10.7. The van der Waals surface area contributed by atoms with Crippen LogP contribution in [-0.4, -0.2) is 17.1 Å². The van der Waals surface area contributed by atoms with Gasteiger partial charge in [-0.15, -0.1) is 11.3 Å². The lowest BCUT2D eigenvalue weighted by Gasteiger charge is -2.23. The van der Waals surface area contributed by atoms with Crippen LogP contribution in [0, 0.1) is 5.82 Å². The summed E-state index contributed by atoms with van der Waals surface area (Å²) in [7, 11) is 0. The number of thiazole rings is 1. The maximum Gasteiger partial charge on any atom is 0.338 e. The summed E-state index contributed by atoms with van der Waals surface area (Å²) in [6, 6.07) is 9.39. The fourth-order valence-electron chi connectivity index (χ4n) is 3.24. The van der Waals surface area contributed by atoms with E-state index in [9.17, 15) is 14.0 Å². The van der Waals surface area contributed by atoms with Gasteiger partial charge in [0, 0.05) is 10.4 Å². The molecule has 0 unspecified atom stereocenters. The third-order valence-corrected chi connectivity index (χ3v) is 6.43. The van der Waals surface area contributed by atoms with Gasteiger partial charge in [0.1, 0.15) is 11.9 Å². The van der Waals surface area contributed by atoms with Gasteiger partial charge in [-0.1, -0.05) is 35.6 Å². The third-order valence-electron chi connectivity index (χ3n) is 4.52. The van der Waals surface area contributed by atoms with Crippen molar-refractivity contribution in [2.24, 2.45) is 4.99 Å². The molecule has 0 saturated carbocycles. The number of benzene rings is 1. The first-order valence-electron chi connectivity index (χ1n) is 8.99. The summed E-state index contributed by atoms with van der Waals surface area (Å²) in [6.45, 7) is 3.70. The van der Waals surface area contributed by atoms with Crippen LogP contribution in [0.4, 0.5) is 4.39 Å². The van der Waals surface area contributed by atoms with Gasteiger partial charge in [0.25, 0.3) is 5.56 Å². The Kier molecular flexibility index (Phi) is 5.29. The highest BCUT2D eigenvalue weighted by Gasteiger charge is 2.33. The monoisotopic (exact) mass is 428 g/mol. The van der Waals surface area contributed by atoms with Gasteiger partial charge in [0.15, 0.2) is 4.80 Å². The van der Waals surface area contributed by atoms with E-state index in [4.69, 9.17) is 4.74 Å². The zero-order valence-electron chi connectivity index (χ0n) is 15.7. The number of fused-ring (bicyclic) bond motifs is 1. The number of carbonyl (C=O) groups excluding carboxylic acids is 1. The summed E-state index contributed by atoms with van der Waals surface area (Å²) >= 11 is 2.63. The van der Waals surface area contributed by atoms with Crippen molar-refractivity contribution >= 4 is 34.7 Å². The first-order chi connectivity index (χ1) is 14.0. The molecule has 1 atom stereocenters. The average molecular weight is 429 g/mol. The van der Waals surface area contributed by atoms with Crippen LogP contribution in [-0.2, 0) is 9.53 Å². The van der Waals surface area contributed by atoms with E-state index in [0.717, 1.165) is 4.88 Å². The van der Waals surface area contributed by atoms with E-state index in [1.807, 2.05) is 17.5 Å². The standard InChI is InChI=1S/C21H17FN2O3S2/c1-3-27-20(26)17-12(2)23-21-24(18(17)15-9-6-10-28-15)19(25)16(29-21)11-13-7-4-5-8-14(13)22/h4-11,18H,3H2,1-2H3/t18-/m1/s1. The van der Waals surface area contributed by atoms with E-state index in [0.29, 0.717) is 26.2 Å². The minimum atomic E-state index is -0.618. The molecule has 4 rings (SSSR count). The van der Waals surface area contributed by atoms with Crippen molar-refractivity contribution in [3.63, 3.8) is 0 Å². The molecule has 8 heteroatoms. The van der Waals surface area contributed by atoms with Gasteiger partial charge in [-0.2, -0.15) is 0 Å². The minimum absolute atomic E-state index is 0.227. The van der Waals surface area contributed by atoms with Gasteiger partial charge in [-0.3, -0.25) is 9.36 Å². The summed E-state index contributed by atoms with van der Waals surface area (Å²) in [6.07, 6.45) is 1.52. The van der Waals surface area contributed by atoms with Crippen LogP contribution < -0.4 is 14.9 Å². The van der Waals surface area contributed by atoms with Gasteiger partial charge in [0.05, 0.1) is 22.4 Å². The van der Waals surface area contributed by atoms with Crippen molar-refractivity contribution in [3.8, 4) is 0 Å². The molecule has 1 aliphatic rings. The van der Waals surface area contributed by atoms with Crippen molar-refractivity contribution in [1.29, 1.82) is 0 Å². The predicted molar refractivity (Wildman–Crippen MR) is 111 cm³/mol. The first kappa shape index (κ1) is 19.5. The molecule has 3 aromatic rings. The van der Waals surface area contributed by atoms with E-state index >= 15 is 0 Å². The lowest BCUT2D eigenvalue weighted by Crippen LogP contribution is -2.39. The molecule has 1 aliphatic heterocycles. The van der Waals surface area contributed by atoms with Gasteiger partial charge in [0.2, 0.25) is 0 Å². The molecule has 0 N–H and O–H groups in total. The normalized spacial score (nSPS) is 16.5. The second-order valence-electron chi connectivity index (χ2n) is 6.34. The number of halogens is 1. The Hall–Kier alpha value is -2.84. The SMILES string of the molecule is CCOC(=O)C1=C(C)N=c2sc(=Cc3ccccc3F)c(=O)n2[C@@H]1c1cccs1. The van der Waals surface area contributed by atoms with E-state index in [2.05, 4.69) is 4.99 Å². The molecule has 0 saturated heterocycles. The Morgan fingerprint density at radius 3 is 2.79 bits per heavy atom. The highest BCUT2D eigenvalue weighted by molar-refractivity contribution is 7.10. The van der Waals surface area contributed by atoms with Crippen LogP contribution in [0.15, 0.2) is 62.8 Å². The topological polar surface area (TPSA) is 60.7 Å². The Morgan fingerprint density at radius 1 is 1.31 bits per heavy atom. The van der Waals surface area contributed by atoms with E-state index in [1.165, 1.54) is 39.4 Å². The molecule has 3 heterocycles. The molecule has 148 valence electrons. The fraction of sp³-hybridized carbons (Fsp3) is 0.190. The van der Waals surface area contributed by atoms with Crippen LogP contribution in [0.3, 0.4) is 0 Å². The largest absolute Gasteiger partial charge is 0.463 e. The van der Waals surface area contributed by atoms with Crippen LogP contribution >= 0.6 is 22.7 Å². The van der Waals surface area contributed by atoms with E-state index < -0.39 is 17.8 Å². The smallest absolute Gasteiger partial charge is 0.338 e. The second kappa shape index (κ2) is 7.88. The predicted octanol–water partition coefficient (Wildman–Crippen LogP) is 3.00. The fourth-order valence-corrected chi connectivity index (χ4v) is 5.10. The second-order valence-corrected chi connectivity index (χ2v) is 8.33. The highest BCUT2D eigenvalue weighted by Crippen LogP contribution is 2.33. The van der Waals surface area contributed by atoms with Crippen LogP contribution in [0.1, 0.15) is 30.3 Å². The maximum absolute atomic E-state index is 14.1. The van der Waals surface area contributed by atoms with E-state index in [-0.39, 0.29) is 12.2 Å². The van der Waals surface area contributed by atoms with Crippen molar-refractivity contribution in [3.05, 3.63) is 89.0 Å².